The van der Waals surface area contributed by atoms with Crippen LogP contribution in [0.4, 0.5) is 0 Å². The van der Waals surface area contributed by atoms with Crippen LogP contribution in [0.5, 0.6) is 11.5 Å². The van der Waals surface area contributed by atoms with E-state index in [1.807, 2.05) is 32.0 Å². The molecule has 0 aliphatic rings. The summed E-state index contributed by atoms with van der Waals surface area (Å²) in [5.74, 6) is 0.982. The Morgan fingerprint density at radius 3 is 2.38 bits per heavy atom. The van der Waals surface area contributed by atoms with E-state index in [0.717, 1.165) is 15.4 Å². The topological polar surface area (TPSA) is 84.9 Å². The highest BCUT2D eigenvalue weighted by Gasteiger charge is 2.17. The van der Waals surface area contributed by atoms with Crippen LogP contribution in [0.3, 0.4) is 0 Å². The minimum atomic E-state index is -3.46. The van der Waals surface area contributed by atoms with Crippen molar-refractivity contribution in [2.75, 3.05) is 27.2 Å². The van der Waals surface area contributed by atoms with Crippen LogP contribution in [-0.2, 0) is 14.8 Å². The van der Waals surface area contributed by atoms with E-state index < -0.39 is 16.1 Å². The second-order valence-corrected chi connectivity index (χ2v) is 9.08. The summed E-state index contributed by atoms with van der Waals surface area (Å²) in [7, 11) is -0.505. The van der Waals surface area contributed by atoms with Crippen molar-refractivity contribution >= 4 is 15.9 Å². The molecule has 0 spiro atoms. The number of benzene rings is 2. The van der Waals surface area contributed by atoms with E-state index >= 15 is 0 Å². The molecule has 1 N–H and O–H groups in total. The first-order chi connectivity index (χ1) is 13.6. The highest BCUT2D eigenvalue weighted by atomic mass is 32.2. The number of aryl methyl sites for hydroxylation is 2. The molecule has 0 aliphatic heterocycles. The highest BCUT2D eigenvalue weighted by Crippen LogP contribution is 2.20. The molecule has 8 heteroatoms. The Kier molecular flexibility index (Phi) is 7.64. The van der Waals surface area contributed by atoms with Crippen molar-refractivity contribution < 1.29 is 22.7 Å². The van der Waals surface area contributed by atoms with E-state index in [1.165, 1.54) is 26.2 Å². The Hall–Kier alpha value is -2.58. The molecule has 0 heterocycles. The smallest absolute Gasteiger partial charge is 0.260 e. The molecule has 0 aliphatic carbocycles. The summed E-state index contributed by atoms with van der Waals surface area (Å²) in [5, 5.41) is 2.77. The van der Waals surface area contributed by atoms with Gasteiger partial charge in [0.1, 0.15) is 18.1 Å². The van der Waals surface area contributed by atoms with Crippen LogP contribution in [-0.4, -0.2) is 52.0 Å². The van der Waals surface area contributed by atoms with Crippen molar-refractivity contribution in [2.24, 2.45) is 0 Å². The van der Waals surface area contributed by atoms with Gasteiger partial charge in [-0.2, -0.15) is 0 Å². The standard InChI is InChI=1S/C21H28N2O5S/c1-15-6-7-16(2)20(14-15)28-17(3)21(24)22-12-13-27-18-8-10-19(11-9-18)29(25,26)23(4)5/h6-11,14,17H,12-13H2,1-5H3,(H,22,24). The molecule has 0 radical (unpaired) electrons. The third kappa shape index (κ3) is 6.20. The van der Waals surface area contributed by atoms with E-state index in [2.05, 4.69) is 5.32 Å². The van der Waals surface area contributed by atoms with Crippen LogP contribution in [0.25, 0.3) is 0 Å². The normalized spacial score (nSPS) is 12.5. The summed E-state index contributed by atoms with van der Waals surface area (Å²) in [6, 6.07) is 12.0. The van der Waals surface area contributed by atoms with E-state index in [4.69, 9.17) is 9.47 Å². The zero-order valence-electron chi connectivity index (χ0n) is 17.4. The molecule has 29 heavy (non-hydrogen) atoms. The second-order valence-electron chi connectivity index (χ2n) is 6.93. The third-order valence-electron chi connectivity index (χ3n) is 4.29. The van der Waals surface area contributed by atoms with Gasteiger partial charge in [0.05, 0.1) is 11.4 Å². The number of amides is 1. The Bertz CT molecular complexity index is 940. The maximum atomic E-state index is 12.2. The Morgan fingerprint density at radius 2 is 1.76 bits per heavy atom. The van der Waals surface area contributed by atoms with Crippen LogP contribution >= 0.6 is 0 Å². The van der Waals surface area contributed by atoms with Gasteiger partial charge < -0.3 is 14.8 Å². The van der Waals surface area contributed by atoms with Crippen LogP contribution in [0.1, 0.15) is 18.1 Å². The molecule has 2 aromatic rings. The van der Waals surface area contributed by atoms with Crippen LogP contribution in [0, 0.1) is 13.8 Å². The van der Waals surface area contributed by atoms with Crippen LogP contribution < -0.4 is 14.8 Å². The van der Waals surface area contributed by atoms with Gasteiger partial charge in [0.2, 0.25) is 10.0 Å². The zero-order chi connectivity index (χ0) is 21.6. The molecule has 2 rings (SSSR count). The second kappa shape index (κ2) is 9.76. The zero-order valence-corrected chi connectivity index (χ0v) is 18.2. The van der Waals surface area contributed by atoms with Crippen molar-refractivity contribution in [3.05, 3.63) is 53.6 Å². The molecule has 2 aromatic carbocycles. The van der Waals surface area contributed by atoms with Gasteiger partial charge in [-0.15, -0.1) is 0 Å². The van der Waals surface area contributed by atoms with Gasteiger partial charge >= 0.3 is 0 Å². The number of rotatable bonds is 9. The summed E-state index contributed by atoms with van der Waals surface area (Å²) in [5.41, 5.74) is 2.04. The number of carbonyl (C=O) groups is 1. The van der Waals surface area contributed by atoms with E-state index in [1.54, 1.807) is 19.1 Å². The molecular formula is C21H28N2O5S. The van der Waals surface area contributed by atoms with E-state index in [0.29, 0.717) is 18.0 Å². The molecule has 0 saturated heterocycles. The van der Waals surface area contributed by atoms with Gasteiger partial charge in [-0.1, -0.05) is 12.1 Å². The largest absolute Gasteiger partial charge is 0.492 e. The maximum Gasteiger partial charge on any atom is 0.260 e. The first-order valence-corrected chi connectivity index (χ1v) is 10.7. The van der Waals surface area contributed by atoms with Crippen molar-refractivity contribution in [1.29, 1.82) is 0 Å². The van der Waals surface area contributed by atoms with Crippen molar-refractivity contribution in [3.8, 4) is 11.5 Å². The lowest BCUT2D eigenvalue weighted by Gasteiger charge is -2.17. The van der Waals surface area contributed by atoms with Crippen molar-refractivity contribution in [1.82, 2.24) is 9.62 Å². The summed E-state index contributed by atoms with van der Waals surface area (Å²) in [4.78, 5) is 12.4. The quantitative estimate of drug-likeness (QED) is 0.630. The number of sulfonamides is 1. The Labute approximate surface area is 172 Å². The molecule has 0 saturated carbocycles. The van der Waals surface area contributed by atoms with Gasteiger partial charge in [-0.25, -0.2) is 12.7 Å². The average Bonchev–Trinajstić information content (AvgIpc) is 2.68. The SMILES string of the molecule is Cc1ccc(C)c(OC(C)C(=O)NCCOc2ccc(S(=O)(=O)N(C)C)cc2)c1. The van der Waals surface area contributed by atoms with Gasteiger partial charge in [-0.3, -0.25) is 4.79 Å². The van der Waals surface area contributed by atoms with E-state index in [9.17, 15) is 13.2 Å². The highest BCUT2D eigenvalue weighted by molar-refractivity contribution is 7.89. The first-order valence-electron chi connectivity index (χ1n) is 9.28. The number of ether oxygens (including phenoxy) is 2. The van der Waals surface area contributed by atoms with Gasteiger partial charge in [0, 0.05) is 14.1 Å². The molecule has 0 fully saturated rings. The first kappa shape index (κ1) is 22.7. The molecule has 7 nitrogen and oxygen atoms in total. The predicted octanol–water partition coefficient (Wildman–Crippen LogP) is 2.52. The lowest BCUT2D eigenvalue weighted by Crippen LogP contribution is -2.38. The molecule has 1 amide bonds. The minimum Gasteiger partial charge on any atom is -0.492 e. The van der Waals surface area contributed by atoms with Crippen LogP contribution in [0.15, 0.2) is 47.4 Å². The summed E-state index contributed by atoms with van der Waals surface area (Å²) in [6.45, 7) is 6.15. The van der Waals surface area contributed by atoms with E-state index in [-0.39, 0.29) is 17.4 Å². The fraction of sp³-hybridized carbons (Fsp3) is 0.381. The van der Waals surface area contributed by atoms with Gasteiger partial charge in [0.15, 0.2) is 6.10 Å². The number of carbonyl (C=O) groups excluding carboxylic acids is 1. The van der Waals surface area contributed by atoms with Gasteiger partial charge in [0.25, 0.3) is 5.91 Å². The molecule has 0 bridgehead atoms. The molecule has 0 aromatic heterocycles. The number of hydrogen-bond donors (Lipinski definition) is 1. The number of nitrogens with zero attached hydrogens (tertiary/aromatic N) is 1. The van der Waals surface area contributed by atoms with Crippen LogP contribution in [0.2, 0.25) is 0 Å². The monoisotopic (exact) mass is 420 g/mol. The average molecular weight is 421 g/mol. The molecule has 158 valence electrons. The number of nitrogens with one attached hydrogen (secondary N) is 1. The van der Waals surface area contributed by atoms with Gasteiger partial charge in [-0.05, 0) is 62.2 Å². The predicted molar refractivity (Wildman–Crippen MR) is 112 cm³/mol. The Balaban J connectivity index is 1.79. The molecular weight excluding hydrogens is 392 g/mol. The summed E-state index contributed by atoms with van der Waals surface area (Å²) >= 11 is 0. The summed E-state index contributed by atoms with van der Waals surface area (Å²) in [6.07, 6.45) is -0.633. The fourth-order valence-electron chi connectivity index (χ4n) is 2.48. The Morgan fingerprint density at radius 1 is 1.10 bits per heavy atom. The maximum absolute atomic E-state index is 12.2. The third-order valence-corrected chi connectivity index (χ3v) is 6.12. The number of hydrogen-bond acceptors (Lipinski definition) is 5. The van der Waals surface area contributed by atoms with Crippen molar-refractivity contribution in [2.45, 2.75) is 31.8 Å². The molecule has 1 atom stereocenters. The fourth-order valence-corrected chi connectivity index (χ4v) is 3.39. The lowest BCUT2D eigenvalue weighted by atomic mass is 10.1. The van der Waals surface area contributed by atoms with Crippen molar-refractivity contribution in [3.63, 3.8) is 0 Å². The summed E-state index contributed by atoms with van der Waals surface area (Å²) < 4.78 is 36.5. The minimum absolute atomic E-state index is 0.195. The lowest BCUT2D eigenvalue weighted by molar-refractivity contribution is -0.127. The molecule has 1 unspecified atom stereocenters.